The lowest BCUT2D eigenvalue weighted by Crippen LogP contribution is -2.23. The van der Waals surface area contributed by atoms with Crippen molar-refractivity contribution in [2.45, 2.75) is 35.8 Å². The summed E-state index contributed by atoms with van der Waals surface area (Å²) in [5.41, 5.74) is 1.36. The van der Waals surface area contributed by atoms with Crippen LogP contribution in [0.4, 0.5) is 0 Å². The van der Waals surface area contributed by atoms with Gasteiger partial charge in [-0.1, -0.05) is 6.07 Å². The van der Waals surface area contributed by atoms with Crippen LogP contribution in [0.2, 0.25) is 0 Å². The molecule has 1 atom stereocenters. The smallest absolute Gasteiger partial charge is 0.274 e. The molecule has 1 unspecified atom stereocenters. The fraction of sp³-hybridized carbons (Fsp3) is 0.208. The van der Waals surface area contributed by atoms with E-state index in [1.807, 2.05) is 13.0 Å². The van der Waals surface area contributed by atoms with Crippen LogP contribution < -0.4 is 15.0 Å². The van der Waals surface area contributed by atoms with Gasteiger partial charge < -0.3 is 9.47 Å². The molecule has 168 valence electrons. The quantitative estimate of drug-likeness (QED) is 0.448. The minimum absolute atomic E-state index is 0.0283. The number of methoxy groups -OCH3 is 1. The molecule has 0 saturated heterocycles. The highest BCUT2D eigenvalue weighted by molar-refractivity contribution is 7.91. The molecule has 4 aromatic rings. The summed E-state index contributed by atoms with van der Waals surface area (Å²) in [5, 5.41) is 5.08. The SMILES string of the molecule is COc1ccc(Cn2ncc3cc(S(=O)(=O)c4ccc5c(c4)CC(C)O5)ccc3c2=O)cn1. The molecule has 0 saturated carbocycles. The molecule has 33 heavy (non-hydrogen) atoms. The first kappa shape index (κ1) is 21.1. The van der Waals surface area contributed by atoms with Crippen LogP contribution in [0, 0.1) is 0 Å². The summed E-state index contributed by atoms with van der Waals surface area (Å²) in [7, 11) is -2.23. The van der Waals surface area contributed by atoms with E-state index in [9.17, 15) is 13.2 Å². The molecule has 0 amide bonds. The Balaban J connectivity index is 1.48. The van der Waals surface area contributed by atoms with Gasteiger partial charge >= 0.3 is 0 Å². The van der Waals surface area contributed by atoms with E-state index in [1.165, 1.54) is 36.2 Å². The fourth-order valence-electron chi connectivity index (χ4n) is 3.95. The van der Waals surface area contributed by atoms with Crippen LogP contribution in [-0.2, 0) is 22.8 Å². The van der Waals surface area contributed by atoms with E-state index in [4.69, 9.17) is 9.47 Å². The van der Waals surface area contributed by atoms with E-state index >= 15 is 0 Å². The zero-order chi connectivity index (χ0) is 23.2. The Morgan fingerprint density at radius 3 is 2.64 bits per heavy atom. The van der Waals surface area contributed by atoms with Crippen molar-refractivity contribution in [3.05, 3.63) is 82.4 Å². The summed E-state index contributed by atoms with van der Waals surface area (Å²) < 4.78 is 38.5. The van der Waals surface area contributed by atoms with Crippen molar-refractivity contribution in [2.75, 3.05) is 7.11 Å². The van der Waals surface area contributed by atoms with Crippen LogP contribution >= 0.6 is 0 Å². The Morgan fingerprint density at radius 1 is 1.09 bits per heavy atom. The first-order valence-electron chi connectivity index (χ1n) is 10.4. The van der Waals surface area contributed by atoms with Crippen molar-refractivity contribution in [1.29, 1.82) is 0 Å². The zero-order valence-electron chi connectivity index (χ0n) is 18.1. The number of ether oxygens (including phenoxy) is 2. The van der Waals surface area contributed by atoms with Gasteiger partial charge in [-0.15, -0.1) is 0 Å². The molecule has 3 heterocycles. The molecule has 0 radical (unpaired) electrons. The molecule has 0 aliphatic carbocycles. The number of hydrogen-bond acceptors (Lipinski definition) is 7. The van der Waals surface area contributed by atoms with Gasteiger partial charge in [-0.2, -0.15) is 5.10 Å². The second-order valence-electron chi connectivity index (χ2n) is 7.97. The van der Waals surface area contributed by atoms with Crippen molar-refractivity contribution >= 4 is 20.6 Å². The number of nitrogens with zero attached hydrogens (tertiary/aromatic N) is 3. The maximum absolute atomic E-state index is 13.2. The van der Waals surface area contributed by atoms with Gasteiger partial charge in [0, 0.05) is 24.1 Å². The van der Waals surface area contributed by atoms with Gasteiger partial charge in [0.25, 0.3) is 5.56 Å². The summed E-state index contributed by atoms with van der Waals surface area (Å²) in [5.74, 6) is 1.20. The molecule has 2 aromatic heterocycles. The number of fused-ring (bicyclic) bond motifs is 2. The topological polar surface area (TPSA) is 100 Å². The summed E-state index contributed by atoms with van der Waals surface area (Å²) in [6.45, 7) is 2.18. The highest BCUT2D eigenvalue weighted by Gasteiger charge is 2.24. The van der Waals surface area contributed by atoms with Crippen LogP contribution in [0.5, 0.6) is 11.6 Å². The Bertz CT molecular complexity index is 1530. The van der Waals surface area contributed by atoms with Gasteiger partial charge in [0.05, 0.1) is 35.0 Å². The average Bonchev–Trinajstić information content (AvgIpc) is 3.20. The number of aromatic nitrogens is 3. The predicted octanol–water partition coefficient (Wildman–Crippen LogP) is 3.00. The lowest BCUT2D eigenvalue weighted by Gasteiger charge is -2.09. The fourth-order valence-corrected chi connectivity index (χ4v) is 5.29. The maximum atomic E-state index is 13.2. The molecule has 5 rings (SSSR count). The zero-order valence-corrected chi connectivity index (χ0v) is 18.9. The highest BCUT2D eigenvalue weighted by Crippen LogP contribution is 2.33. The predicted molar refractivity (Wildman–Crippen MR) is 122 cm³/mol. The molecule has 2 aromatic carbocycles. The van der Waals surface area contributed by atoms with Gasteiger partial charge in [0.1, 0.15) is 11.9 Å². The van der Waals surface area contributed by atoms with Crippen molar-refractivity contribution in [1.82, 2.24) is 14.8 Å². The van der Waals surface area contributed by atoms with E-state index in [0.717, 1.165) is 16.9 Å². The molecule has 8 nitrogen and oxygen atoms in total. The van der Waals surface area contributed by atoms with Gasteiger partial charge in [-0.25, -0.2) is 18.1 Å². The number of rotatable bonds is 5. The van der Waals surface area contributed by atoms with E-state index in [0.29, 0.717) is 23.1 Å². The Morgan fingerprint density at radius 2 is 1.88 bits per heavy atom. The number of hydrogen-bond donors (Lipinski definition) is 0. The van der Waals surface area contributed by atoms with Crippen LogP contribution in [0.25, 0.3) is 10.8 Å². The molecule has 9 heteroatoms. The lowest BCUT2D eigenvalue weighted by molar-refractivity contribution is 0.254. The van der Waals surface area contributed by atoms with E-state index in [2.05, 4.69) is 10.1 Å². The van der Waals surface area contributed by atoms with Crippen LogP contribution in [0.1, 0.15) is 18.1 Å². The number of benzene rings is 2. The second-order valence-corrected chi connectivity index (χ2v) is 9.92. The molecular formula is C24H21N3O5S. The van der Waals surface area contributed by atoms with Gasteiger partial charge in [0.15, 0.2) is 0 Å². The Labute approximate surface area is 190 Å². The third-order valence-corrected chi connectivity index (χ3v) is 7.40. The summed E-state index contributed by atoms with van der Waals surface area (Å²) in [4.78, 5) is 17.4. The minimum Gasteiger partial charge on any atom is -0.490 e. The van der Waals surface area contributed by atoms with Crippen molar-refractivity contribution < 1.29 is 17.9 Å². The van der Waals surface area contributed by atoms with Gasteiger partial charge in [-0.05, 0) is 54.4 Å². The summed E-state index contributed by atoms with van der Waals surface area (Å²) >= 11 is 0. The van der Waals surface area contributed by atoms with Crippen molar-refractivity contribution in [3.8, 4) is 11.6 Å². The van der Waals surface area contributed by atoms with Crippen LogP contribution in [0.3, 0.4) is 0 Å². The Kier molecular flexibility index (Phi) is 5.13. The normalized spacial score (nSPS) is 15.3. The molecule has 0 spiro atoms. The molecule has 1 aliphatic heterocycles. The monoisotopic (exact) mass is 463 g/mol. The minimum atomic E-state index is -3.76. The number of sulfone groups is 1. The van der Waals surface area contributed by atoms with Crippen LogP contribution in [-0.4, -0.2) is 36.4 Å². The van der Waals surface area contributed by atoms with Crippen LogP contribution in [0.15, 0.2) is 75.5 Å². The largest absolute Gasteiger partial charge is 0.490 e. The third kappa shape index (κ3) is 3.84. The molecule has 0 fully saturated rings. The van der Waals surface area contributed by atoms with E-state index in [-0.39, 0.29) is 28.0 Å². The average molecular weight is 464 g/mol. The summed E-state index contributed by atoms with van der Waals surface area (Å²) in [6, 6.07) is 12.9. The number of pyridine rings is 1. The molecular weight excluding hydrogens is 442 g/mol. The highest BCUT2D eigenvalue weighted by atomic mass is 32.2. The van der Waals surface area contributed by atoms with E-state index < -0.39 is 9.84 Å². The standard InChI is InChI=1S/C24H21N3O5S/c1-15-9-17-10-20(5-7-22(17)32-15)33(29,30)19-4-6-21-18(11-19)13-26-27(24(21)28)14-16-3-8-23(31-2)25-12-16/h3-8,10-13,15H,9,14H2,1-2H3. The second kappa shape index (κ2) is 8.00. The lowest BCUT2D eigenvalue weighted by atomic mass is 10.1. The van der Waals surface area contributed by atoms with Gasteiger partial charge in [0.2, 0.25) is 15.7 Å². The summed E-state index contributed by atoms with van der Waals surface area (Å²) in [6.07, 6.45) is 3.82. The first-order valence-corrected chi connectivity index (χ1v) is 11.9. The Hall–Kier alpha value is -3.72. The molecule has 0 N–H and O–H groups in total. The maximum Gasteiger partial charge on any atom is 0.274 e. The molecule has 0 bridgehead atoms. The van der Waals surface area contributed by atoms with Crippen molar-refractivity contribution in [3.63, 3.8) is 0 Å². The van der Waals surface area contributed by atoms with E-state index in [1.54, 1.807) is 30.5 Å². The third-order valence-electron chi connectivity index (χ3n) is 5.65. The van der Waals surface area contributed by atoms with Gasteiger partial charge in [-0.3, -0.25) is 4.79 Å². The van der Waals surface area contributed by atoms with Crippen molar-refractivity contribution in [2.24, 2.45) is 0 Å². The first-order chi connectivity index (χ1) is 15.8. The molecule has 1 aliphatic rings.